The molecule has 0 aliphatic carbocycles. The van der Waals surface area contributed by atoms with Crippen LogP contribution in [0.2, 0.25) is 0 Å². The molecule has 0 aromatic heterocycles. The zero-order valence-corrected chi connectivity index (χ0v) is 14.5. The third-order valence-electron chi connectivity index (χ3n) is 4.43. The quantitative estimate of drug-likeness (QED) is 0.912. The predicted octanol–water partition coefficient (Wildman–Crippen LogP) is 2.67. The number of amides is 2. The molecule has 1 N–H and O–H groups in total. The summed E-state index contributed by atoms with van der Waals surface area (Å²) in [4.78, 5) is 26.4. The van der Waals surface area contributed by atoms with Crippen LogP contribution in [0.4, 0.5) is 5.69 Å². The number of nitrogens with one attached hydrogen (secondary N) is 1. The lowest BCUT2D eigenvalue weighted by molar-refractivity contribution is -0.126. The lowest BCUT2D eigenvalue weighted by atomic mass is 10.1. The number of carbonyl (C=O) groups is 2. The highest BCUT2D eigenvalue weighted by Gasteiger charge is 2.34. The predicted molar refractivity (Wildman–Crippen MR) is 96.5 cm³/mol. The van der Waals surface area contributed by atoms with Gasteiger partial charge in [0.2, 0.25) is 11.8 Å². The molecule has 1 atom stereocenters. The van der Waals surface area contributed by atoms with E-state index in [1.807, 2.05) is 55.5 Å². The van der Waals surface area contributed by atoms with E-state index in [4.69, 9.17) is 4.74 Å². The van der Waals surface area contributed by atoms with Crippen molar-refractivity contribution in [3.05, 3.63) is 59.7 Å². The van der Waals surface area contributed by atoms with E-state index < -0.39 is 0 Å². The summed E-state index contributed by atoms with van der Waals surface area (Å²) in [5, 5.41) is 2.92. The average Bonchev–Trinajstić information content (AvgIpc) is 3.02. The van der Waals surface area contributed by atoms with Gasteiger partial charge in [-0.05, 0) is 42.3 Å². The molecule has 0 unspecified atom stereocenters. The molecule has 1 aliphatic heterocycles. The summed E-state index contributed by atoms with van der Waals surface area (Å²) in [7, 11) is 1.62. The van der Waals surface area contributed by atoms with Crippen molar-refractivity contribution >= 4 is 17.5 Å². The Morgan fingerprint density at radius 2 is 2.00 bits per heavy atom. The van der Waals surface area contributed by atoms with Crippen molar-refractivity contribution in [2.24, 2.45) is 5.92 Å². The molecule has 0 saturated carbocycles. The van der Waals surface area contributed by atoms with Crippen LogP contribution in [0.1, 0.15) is 17.5 Å². The molecular formula is C20H22N2O3. The minimum atomic E-state index is -0.314. The number of nitrogens with zero attached hydrogens (tertiary/aromatic N) is 1. The summed E-state index contributed by atoms with van der Waals surface area (Å²) in [6.45, 7) is 2.86. The zero-order chi connectivity index (χ0) is 17.8. The third-order valence-corrected chi connectivity index (χ3v) is 4.43. The van der Waals surface area contributed by atoms with Gasteiger partial charge in [0.15, 0.2) is 0 Å². The molecule has 0 radical (unpaired) electrons. The van der Waals surface area contributed by atoms with E-state index in [1.54, 1.807) is 12.0 Å². The first-order chi connectivity index (χ1) is 12.1. The van der Waals surface area contributed by atoms with E-state index in [1.165, 1.54) is 0 Å². The van der Waals surface area contributed by atoms with Crippen LogP contribution in [0.3, 0.4) is 0 Å². The molecular weight excluding hydrogens is 316 g/mol. The largest absolute Gasteiger partial charge is 0.497 e. The number of rotatable bonds is 5. The highest BCUT2D eigenvalue weighted by molar-refractivity contribution is 6.00. The Bertz CT molecular complexity index is 771. The number of methoxy groups -OCH3 is 1. The first kappa shape index (κ1) is 17.0. The van der Waals surface area contributed by atoms with Crippen molar-refractivity contribution in [2.75, 3.05) is 18.6 Å². The minimum absolute atomic E-state index is 0.00445. The highest BCUT2D eigenvalue weighted by Crippen LogP contribution is 2.26. The van der Waals surface area contributed by atoms with Gasteiger partial charge in [-0.25, -0.2) is 0 Å². The standard InChI is InChI=1S/C20H22N2O3/c1-14-4-3-5-17(10-14)22-13-16(11-19(22)23)20(24)21-12-15-6-8-18(25-2)9-7-15/h3-10,16H,11-13H2,1-2H3,(H,21,24)/t16-/m0/s1. The van der Waals surface area contributed by atoms with Crippen LogP contribution >= 0.6 is 0 Å². The fraction of sp³-hybridized carbons (Fsp3) is 0.300. The maximum Gasteiger partial charge on any atom is 0.227 e. The molecule has 25 heavy (non-hydrogen) atoms. The van der Waals surface area contributed by atoms with E-state index >= 15 is 0 Å². The molecule has 5 heteroatoms. The van der Waals surface area contributed by atoms with Gasteiger partial charge in [0.25, 0.3) is 0 Å². The van der Waals surface area contributed by atoms with Crippen molar-refractivity contribution in [3.8, 4) is 5.75 Å². The SMILES string of the molecule is COc1ccc(CNC(=O)[C@H]2CC(=O)N(c3cccc(C)c3)C2)cc1. The summed E-state index contributed by atoms with van der Waals surface area (Å²) < 4.78 is 5.12. The Balaban J connectivity index is 1.58. The van der Waals surface area contributed by atoms with Gasteiger partial charge >= 0.3 is 0 Å². The average molecular weight is 338 g/mol. The smallest absolute Gasteiger partial charge is 0.227 e. The summed E-state index contributed by atoms with van der Waals surface area (Å²) in [5.41, 5.74) is 2.95. The van der Waals surface area contributed by atoms with Crippen LogP contribution < -0.4 is 15.0 Å². The lowest BCUT2D eigenvalue weighted by Crippen LogP contribution is -2.32. The maximum atomic E-state index is 12.4. The Labute approximate surface area is 147 Å². The summed E-state index contributed by atoms with van der Waals surface area (Å²) >= 11 is 0. The molecule has 0 spiro atoms. The molecule has 0 bridgehead atoms. The Morgan fingerprint density at radius 1 is 1.24 bits per heavy atom. The molecule has 2 amide bonds. The second-order valence-corrected chi connectivity index (χ2v) is 6.31. The van der Waals surface area contributed by atoms with Crippen molar-refractivity contribution in [1.29, 1.82) is 0 Å². The number of hydrogen-bond acceptors (Lipinski definition) is 3. The lowest BCUT2D eigenvalue weighted by Gasteiger charge is -2.17. The van der Waals surface area contributed by atoms with E-state index in [2.05, 4.69) is 5.32 Å². The van der Waals surface area contributed by atoms with Crippen molar-refractivity contribution in [2.45, 2.75) is 19.9 Å². The molecule has 1 fully saturated rings. The molecule has 2 aromatic rings. The van der Waals surface area contributed by atoms with E-state index in [9.17, 15) is 9.59 Å². The van der Waals surface area contributed by atoms with Gasteiger partial charge in [0.1, 0.15) is 5.75 Å². The first-order valence-corrected chi connectivity index (χ1v) is 8.34. The van der Waals surface area contributed by atoms with Gasteiger partial charge in [-0.15, -0.1) is 0 Å². The van der Waals surface area contributed by atoms with Gasteiger partial charge in [0, 0.05) is 25.2 Å². The Kier molecular flexibility index (Phi) is 5.03. The number of carbonyl (C=O) groups excluding carboxylic acids is 2. The second-order valence-electron chi connectivity index (χ2n) is 6.31. The zero-order valence-electron chi connectivity index (χ0n) is 14.5. The topological polar surface area (TPSA) is 58.6 Å². The van der Waals surface area contributed by atoms with E-state index in [-0.39, 0.29) is 24.2 Å². The molecule has 5 nitrogen and oxygen atoms in total. The molecule has 1 aliphatic rings. The van der Waals surface area contributed by atoms with Gasteiger partial charge < -0.3 is 15.0 Å². The highest BCUT2D eigenvalue weighted by atomic mass is 16.5. The minimum Gasteiger partial charge on any atom is -0.497 e. The number of benzene rings is 2. The Hall–Kier alpha value is -2.82. The van der Waals surface area contributed by atoms with Crippen molar-refractivity contribution in [1.82, 2.24) is 5.32 Å². The molecule has 3 rings (SSSR count). The molecule has 1 saturated heterocycles. The first-order valence-electron chi connectivity index (χ1n) is 8.34. The second kappa shape index (κ2) is 7.38. The van der Waals surface area contributed by atoms with E-state index in [0.717, 1.165) is 22.6 Å². The number of ether oxygens (including phenoxy) is 1. The molecule has 2 aromatic carbocycles. The van der Waals surface area contributed by atoms with Gasteiger partial charge in [-0.1, -0.05) is 24.3 Å². The normalized spacial score (nSPS) is 16.8. The fourth-order valence-electron chi connectivity index (χ4n) is 3.01. The summed E-state index contributed by atoms with van der Waals surface area (Å²) in [5.74, 6) is 0.381. The van der Waals surface area contributed by atoms with E-state index in [0.29, 0.717) is 13.1 Å². The molecule has 1 heterocycles. The Morgan fingerprint density at radius 3 is 2.68 bits per heavy atom. The van der Waals surface area contributed by atoms with Crippen LogP contribution in [0, 0.1) is 12.8 Å². The summed E-state index contributed by atoms with van der Waals surface area (Å²) in [6.07, 6.45) is 0.252. The van der Waals surface area contributed by atoms with Crippen LogP contribution in [-0.4, -0.2) is 25.5 Å². The monoisotopic (exact) mass is 338 g/mol. The van der Waals surface area contributed by atoms with Crippen LogP contribution in [0.5, 0.6) is 5.75 Å². The molecule has 130 valence electrons. The fourth-order valence-corrected chi connectivity index (χ4v) is 3.01. The summed E-state index contributed by atoms with van der Waals surface area (Å²) in [6, 6.07) is 15.3. The van der Waals surface area contributed by atoms with Crippen molar-refractivity contribution in [3.63, 3.8) is 0 Å². The number of hydrogen-bond donors (Lipinski definition) is 1. The van der Waals surface area contributed by atoms with Gasteiger partial charge in [-0.2, -0.15) is 0 Å². The third kappa shape index (κ3) is 3.99. The number of anilines is 1. The van der Waals surface area contributed by atoms with Gasteiger partial charge in [-0.3, -0.25) is 9.59 Å². The number of aryl methyl sites for hydroxylation is 1. The van der Waals surface area contributed by atoms with Crippen LogP contribution in [-0.2, 0) is 16.1 Å². The maximum absolute atomic E-state index is 12.4. The van der Waals surface area contributed by atoms with Gasteiger partial charge in [0.05, 0.1) is 13.0 Å². The van der Waals surface area contributed by atoms with Crippen LogP contribution in [0.25, 0.3) is 0 Å². The van der Waals surface area contributed by atoms with Crippen molar-refractivity contribution < 1.29 is 14.3 Å². The van der Waals surface area contributed by atoms with Crippen LogP contribution in [0.15, 0.2) is 48.5 Å².